The molecule has 0 bridgehead atoms. The second kappa shape index (κ2) is 2.81. The summed E-state index contributed by atoms with van der Waals surface area (Å²) in [5.74, 6) is 0.361. The lowest BCUT2D eigenvalue weighted by Gasteiger charge is -2.19. The number of hydrogen-bond donors (Lipinski definition) is 1. The summed E-state index contributed by atoms with van der Waals surface area (Å²) in [5.41, 5.74) is 2.41. The number of aryl methyl sites for hydroxylation is 1. The Balaban J connectivity index is 3.18. The van der Waals surface area contributed by atoms with Crippen molar-refractivity contribution in [3.05, 3.63) is 29.3 Å². The third kappa shape index (κ3) is 2.00. The van der Waals surface area contributed by atoms with Crippen LogP contribution in [0, 0.1) is 6.92 Å². The van der Waals surface area contributed by atoms with Crippen LogP contribution in [0.4, 0.5) is 0 Å². The van der Waals surface area contributed by atoms with Crippen LogP contribution in [-0.4, -0.2) is 5.11 Å². The van der Waals surface area contributed by atoms with Crippen molar-refractivity contribution < 1.29 is 5.11 Å². The van der Waals surface area contributed by atoms with Crippen LogP contribution in [0.1, 0.15) is 31.9 Å². The van der Waals surface area contributed by atoms with Crippen LogP contribution in [0.5, 0.6) is 5.75 Å². The molecular formula is C11H16O. The quantitative estimate of drug-likeness (QED) is 0.625. The Labute approximate surface area is 74.1 Å². The molecule has 0 amide bonds. The molecule has 1 aromatic carbocycles. The number of hydrogen-bond acceptors (Lipinski definition) is 1. The van der Waals surface area contributed by atoms with Gasteiger partial charge in [-0.15, -0.1) is 0 Å². The fraction of sp³-hybridized carbons (Fsp3) is 0.455. The molecule has 0 radical (unpaired) electrons. The number of rotatable bonds is 0. The fourth-order valence-electron chi connectivity index (χ4n) is 1.20. The Hall–Kier alpha value is -0.980. The Bertz CT molecular complexity index is 261. The zero-order chi connectivity index (χ0) is 9.35. The molecule has 66 valence electrons. The maximum absolute atomic E-state index is 9.36. The van der Waals surface area contributed by atoms with E-state index in [2.05, 4.69) is 26.8 Å². The monoisotopic (exact) mass is 164 g/mol. The standard InChI is InChI=1S/C11H16O/c1-8-5-9(11(2,3)4)7-10(12)6-8/h5-7,12H,1-4H3. The average molecular weight is 164 g/mol. The van der Waals surface area contributed by atoms with Crippen molar-refractivity contribution in [1.82, 2.24) is 0 Å². The summed E-state index contributed by atoms with van der Waals surface area (Å²) in [7, 11) is 0. The first-order valence-corrected chi connectivity index (χ1v) is 4.21. The van der Waals surface area contributed by atoms with Gasteiger partial charge in [0.1, 0.15) is 5.75 Å². The molecule has 0 saturated carbocycles. The van der Waals surface area contributed by atoms with E-state index < -0.39 is 0 Å². The molecule has 0 aliphatic carbocycles. The van der Waals surface area contributed by atoms with Gasteiger partial charge in [-0.25, -0.2) is 0 Å². The molecule has 0 aliphatic heterocycles. The molecule has 0 aromatic heterocycles. The van der Waals surface area contributed by atoms with Gasteiger partial charge in [-0.05, 0) is 35.6 Å². The lowest BCUT2D eigenvalue weighted by Crippen LogP contribution is -2.10. The van der Waals surface area contributed by atoms with Crippen molar-refractivity contribution in [1.29, 1.82) is 0 Å². The lowest BCUT2D eigenvalue weighted by atomic mass is 9.86. The highest BCUT2D eigenvalue weighted by Crippen LogP contribution is 2.26. The molecule has 0 fully saturated rings. The zero-order valence-electron chi connectivity index (χ0n) is 8.18. The molecule has 1 aromatic rings. The SMILES string of the molecule is Cc1cc(O)cc(C(C)(C)C)c1. The van der Waals surface area contributed by atoms with E-state index in [9.17, 15) is 5.11 Å². The summed E-state index contributed by atoms with van der Waals surface area (Å²) in [6.07, 6.45) is 0. The zero-order valence-corrected chi connectivity index (χ0v) is 8.18. The van der Waals surface area contributed by atoms with Crippen molar-refractivity contribution in [2.45, 2.75) is 33.1 Å². The number of phenols is 1. The normalized spacial score (nSPS) is 11.7. The first-order chi connectivity index (χ1) is 5.39. The van der Waals surface area contributed by atoms with Gasteiger partial charge in [0.2, 0.25) is 0 Å². The highest BCUT2D eigenvalue weighted by Gasteiger charge is 2.14. The average Bonchev–Trinajstić information content (AvgIpc) is 1.82. The molecular weight excluding hydrogens is 148 g/mol. The van der Waals surface area contributed by atoms with Gasteiger partial charge in [-0.2, -0.15) is 0 Å². The Morgan fingerprint density at radius 3 is 2.08 bits per heavy atom. The molecule has 1 nitrogen and oxygen atoms in total. The van der Waals surface area contributed by atoms with E-state index in [1.807, 2.05) is 13.0 Å². The second-order valence-corrected chi connectivity index (χ2v) is 4.31. The first-order valence-electron chi connectivity index (χ1n) is 4.21. The van der Waals surface area contributed by atoms with Crippen LogP contribution >= 0.6 is 0 Å². The van der Waals surface area contributed by atoms with Crippen molar-refractivity contribution in [3.8, 4) is 5.75 Å². The van der Waals surface area contributed by atoms with Gasteiger partial charge >= 0.3 is 0 Å². The van der Waals surface area contributed by atoms with Crippen LogP contribution in [0.15, 0.2) is 18.2 Å². The van der Waals surface area contributed by atoms with Gasteiger partial charge in [0, 0.05) is 0 Å². The Kier molecular flexibility index (Phi) is 2.14. The van der Waals surface area contributed by atoms with E-state index >= 15 is 0 Å². The van der Waals surface area contributed by atoms with E-state index in [1.54, 1.807) is 6.07 Å². The Morgan fingerprint density at radius 2 is 1.67 bits per heavy atom. The molecule has 0 heterocycles. The van der Waals surface area contributed by atoms with Gasteiger partial charge < -0.3 is 5.11 Å². The van der Waals surface area contributed by atoms with Gasteiger partial charge in [-0.1, -0.05) is 26.8 Å². The van der Waals surface area contributed by atoms with E-state index in [-0.39, 0.29) is 5.41 Å². The first kappa shape index (κ1) is 9.11. The molecule has 1 rings (SSSR count). The van der Waals surface area contributed by atoms with E-state index in [0.29, 0.717) is 5.75 Å². The molecule has 12 heavy (non-hydrogen) atoms. The topological polar surface area (TPSA) is 20.2 Å². The lowest BCUT2D eigenvalue weighted by molar-refractivity contribution is 0.470. The summed E-state index contributed by atoms with van der Waals surface area (Å²) in [5, 5.41) is 9.36. The van der Waals surface area contributed by atoms with Crippen molar-refractivity contribution in [2.75, 3.05) is 0 Å². The van der Waals surface area contributed by atoms with E-state index in [4.69, 9.17) is 0 Å². The summed E-state index contributed by atoms with van der Waals surface area (Å²) in [4.78, 5) is 0. The molecule has 0 atom stereocenters. The minimum atomic E-state index is 0.115. The summed E-state index contributed by atoms with van der Waals surface area (Å²) < 4.78 is 0. The number of phenolic OH excluding ortho intramolecular Hbond substituents is 1. The van der Waals surface area contributed by atoms with Crippen LogP contribution in [0.2, 0.25) is 0 Å². The van der Waals surface area contributed by atoms with Crippen LogP contribution in [0.3, 0.4) is 0 Å². The highest BCUT2D eigenvalue weighted by molar-refractivity contribution is 5.36. The third-order valence-electron chi connectivity index (χ3n) is 1.93. The maximum Gasteiger partial charge on any atom is 0.116 e. The molecule has 1 heteroatoms. The van der Waals surface area contributed by atoms with Gasteiger partial charge in [-0.3, -0.25) is 0 Å². The second-order valence-electron chi connectivity index (χ2n) is 4.31. The maximum atomic E-state index is 9.36. The molecule has 0 unspecified atom stereocenters. The predicted octanol–water partition coefficient (Wildman–Crippen LogP) is 3.00. The minimum absolute atomic E-state index is 0.115. The van der Waals surface area contributed by atoms with Crippen molar-refractivity contribution in [3.63, 3.8) is 0 Å². The van der Waals surface area contributed by atoms with Gasteiger partial charge in [0.15, 0.2) is 0 Å². The predicted molar refractivity (Wildman–Crippen MR) is 51.5 cm³/mol. The van der Waals surface area contributed by atoms with Crippen LogP contribution in [0.25, 0.3) is 0 Å². The van der Waals surface area contributed by atoms with Crippen molar-refractivity contribution >= 4 is 0 Å². The van der Waals surface area contributed by atoms with Gasteiger partial charge in [0.05, 0.1) is 0 Å². The summed E-state index contributed by atoms with van der Waals surface area (Å²) in [6.45, 7) is 8.42. The third-order valence-corrected chi connectivity index (χ3v) is 1.93. The highest BCUT2D eigenvalue weighted by atomic mass is 16.3. The van der Waals surface area contributed by atoms with E-state index in [1.165, 1.54) is 5.56 Å². The molecule has 0 saturated heterocycles. The van der Waals surface area contributed by atoms with E-state index in [0.717, 1.165) is 5.56 Å². The molecule has 1 N–H and O–H groups in total. The Morgan fingerprint density at radius 1 is 1.08 bits per heavy atom. The minimum Gasteiger partial charge on any atom is -0.508 e. The largest absolute Gasteiger partial charge is 0.508 e. The fourth-order valence-corrected chi connectivity index (χ4v) is 1.20. The van der Waals surface area contributed by atoms with Crippen LogP contribution in [-0.2, 0) is 5.41 Å². The summed E-state index contributed by atoms with van der Waals surface area (Å²) in [6, 6.07) is 5.71. The smallest absolute Gasteiger partial charge is 0.116 e. The number of aromatic hydroxyl groups is 1. The number of benzene rings is 1. The molecule has 0 aliphatic rings. The van der Waals surface area contributed by atoms with Crippen LogP contribution < -0.4 is 0 Å². The molecule has 0 spiro atoms. The summed E-state index contributed by atoms with van der Waals surface area (Å²) >= 11 is 0. The van der Waals surface area contributed by atoms with Gasteiger partial charge in [0.25, 0.3) is 0 Å². The van der Waals surface area contributed by atoms with Crippen molar-refractivity contribution in [2.24, 2.45) is 0 Å².